The molecule has 4 nitrogen and oxygen atoms in total. The zero-order valence-corrected chi connectivity index (χ0v) is 17.2. The summed E-state index contributed by atoms with van der Waals surface area (Å²) in [5.74, 6) is 0.148. The van der Waals surface area contributed by atoms with Crippen LogP contribution in [0.4, 0.5) is 5.13 Å². The number of nitrogens with one attached hydrogen (secondary N) is 1. The molecule has 5 heteroatoms. The van der Waals surface area contributed by atoms with Crippen LogP contribution < -0.4 is 9.80 Å². The van der Waals surface area contributed by atoms with Gasteiger partial charge in [-0.3, -0.25) is 9.69 Å². The molecule has 0 bridgehead atoms. The lowest BCUT2D eigenvalue weighted by atomic mass is 10.1. The standard InChI is InChI=1S/C22H27N3OS/c1-4-17-10-12-19-20(16-17)27-22(23-19)25(15-14-24(2)3)21(26)13-11-18-8-6-5-7-9-18/h5-10,12,16H,4,11,13-15H2,1-3H3/p+1. The Labute approximate surface area is 165 Å². The summed E-state index contributed by atoms with van der Waals surface area (Å²) in [5.41, 5.74) is 3.48. The first-order valence-electron chi connectivity index (χ1n) is 9.59. The molecule has 0 unspecified atom stereocenters. The van der Waals surface area contributed by atoms with E-state index in [0.29, 0.717) is 13.0 Å². The molecule has 0 aliphatic rings. The molecule has 0 saturated heterocycles. The van der Waals surface area contributed by atoms with Gasteiger partial charge in [0.25, 0.3) is 0 Å². The average Bonchev–Trinajstić information content (AvgIpc) is 3.09. The maximum atomic E-state index is 13.0. The van der Waals surface area contributed by atoms with Gasteiger partial charge in [-0.2, -0.15) is 0 Å². The minimum Gasteiger partial charge on any atom is -0.338 e. The molecule has 3 rings (SSSR count). The molecule has 142 valence electrons. The second kappa shape index (κ2) is 9.11. The summed E-state index contributed by atoms with van der Waals surface area (Å²) in [6.45, 7) is 3.74. The lowest BCUT2D eigenvalue weighted by Gasteiger charge is -2.20. The predicted molar refractivity (Wildman–Crippen MR) is 114 cm³/mol. The van der Waals surface area contributed by atoms with Crippen LogP contribution in [-0.2, 0) is 17.6 Å². The highest BCUT2D eigenvalue weighted by Gasteiger charge is 2.20. The Kier molecular flexibility index (Phi) is 6.58. The van der Waals surface area contributed by atoms with Crippen molar-refractivity contribution >= 4 is 32.6 Å². The number of thiazole rings is 1. The van der Waals surface area contributed by atoms with Crippen molar-refractivity contribution in [3.05, 3.63) is 59.7 Å². The SMILES string of the molecule is CCc1ccc2nc(N(CC[NH+](C)C)C(=O)CCc3ccccc3)sc2c1. The van der Waals surface area contributed by atoms with Crippen LogP contribution in [0.1, 0.15) is 24.5 Å². The highest BCUT2D eigenvalue weighted by atomic mass is 32.1. The summed E-state index contributed by atoms with van der Waals surface area (Å²) < 4.78 is 1.16. The van der Waals surface area contributed by atoms with Gasteiger partial charge < -0.3 is 4.90 Å². The summed E-state index contributed by atoms with van der Waals surface area (Å²) in [4.78, 5) is 21.0. The Morgan fingerprint density at radius 2 is 1.89 bits per heavy atom. The number of fused-ring (bicyclic) bond motifs is 1. The van der Waals surface area contributed by atoms with E-state index in [0.717, 1.165) is 34.7 Å². The number of anilines is 1. The first kappa shape index (κ1) is 19.5. The van der Waals surface area contributed by atoms with Crippen molar-refractivity contribution in [3.8, 4) is 0 Å². The zero-order valence-electron chi connectivity index (χ0n) is 16.4. The number of quaternary nitrogens is 1. The van der Waals surface area contributed by atoms with Crippen LogP contribution in [0.3, 0.4) is 0 Å². The number of likely N-dealkylation sites (N-methyl/N-ethyl adjacent to an activating group) is 1. The molecule has 0 aliphatic carbocycles. The lowest BCUT2D eigenvalue weighted by Crippen LogP contribution is -3.06. The molecule has 0 aliphatic heterocycles. The Hall–Kier alpha value is -2.24. The molecule has 27 heavy (non-hydrogen) atoms. The largest absolute Gasteiger partial charge is 0.338 e. The molecule has 0 atom stereocenters. The van der Waals surface area contributed by atoms with Crippen LogP contribution in [0.15, 0.2) is 48.5 Å². The topological polar surface area (TPSA) is 37.6 Å². The number of rotatable bonds is 8. The van der Waals surface area contributed by atoms with E-state index >= 15 is 0 Å². The van der Waals surface area contributed by atoms with Crippen molar-refractivity contribution < 1.29 is 9.69 Å². The number of carbonyl (C=O) groups excluding carboxylic acids is 1. The molecule has 1 amide bonds. The van der Waals surface area contributed by atoms with Crippen LogP contribution in [0.25, 0.3) is 10.2 Å². The molecule has 1 aromatic heterocycles. The third-order valence-electron chi connectivity index (χ3n) is 4.69. The van der Waals surface area contributed by atoms with Crippen molar-refractivity contribution in [2.75, 3.05) is 32.1 Å². The Bertz CT molecular complexity index is 889. The first-order valence-corrected chi connectivity index (χ1v) is 10.4. The average molecular weight is 383 g/mol. The van der Waals surface area contributed by atoms with Crippen LogP contribution in [0, 0.1) is 0 Å². The van der Waals surface area contributed by atoms with Crippen molar-refractivity contribution in [2.24, 2.45) is 0 Å². The van der Waals surface area contributed by atoms with Gasteiger partial charge >= 0.3 is 0 Å². The Morgan fingerprint density at radius 1 is 1.11 bits per heavy atom. The third kappa shape index (κ3) is 5.15. The predicted octanol–water partition coefficient (Wildman–Crippen LogP) is 2.97. The molecule has 0 spiro atoms. The minimum absolute atomic E-state index is 0.148. The van der Waals surface area contributed by atoms with Gasteiger partial charge in [-0.1, -0.05) is 54.7 Å². The van der Waals surface area contributed by atoms with E-state index in [2.05, 4.69) is 51.4 Å². The molecule has 1 heterocycles. The zero-order chi connectivity index (χ0) is 19.2. The number of carbonyl (C=O) groups is 1. The summed E-state index contributed by atoms with van der Waals surface area (Å²) in [5, 5.41) is 0.817. The fourth-order valence-electron chi connectivity index (χ4n) is 2.99. The number of hydrogen-bond acceptors (Lipinski definition) is 3. The number of aryl methyl sites for hydroxylation is 2. The summed E-state index contributed by atoms with van der Waals surface area (Å²) in [7, 11) is 4.22. The molecule has 0 saturated carbocycles. The summed E-state index contributed by atoms with van der Waals surface area (Å²) >= 11 is 1.62. The van der Waals surface area contributed by atoms with Gasteiger partial charge in [-0.05, 0) is 36.1 Å². The van der Waals surface area contributed by atoms with Gasteiger partial charge in [-0.15, -0.1) is 0 Å². The van der Waals surface area contributed by atoms with Crippen molar-refractivity contribution in [1.82, 2.24) is 4.98 Å². The molecular formula is C22H28N3OS+. The van der Waals surface area contributed by atoms with E-state index < -0.39 is 0 Å². The van der Waals surface area contributed by atoms with E-state index in [1.807, 2.05) is 23.1 Å². The first-order chi connectivity index (χ1) is 13.1. The van der Waals surface area contributed by atoms with E-state index in [9.17, 15) is 4.79 Å². The highest BCUT2D eigenvalue weighted by Crippen LogP contribution is 2.30. The molecule has 0 fully saturated rings. The lowest BCUT2D eigenvalue weighted by molar-refractivity contribution is -0.856. The van der Waals surface area contributed by atoms with Gasteiger partial charge in [0.1, 0.15) is 0 Å². The fourth-order valence-corrected chi connectivity index (χ4v) is 4.06. The van der Waals surface area contributed by atoms with Gasteiger partial charge in [0.15, 0.2) is 5.13 Å². The smallest absolute Gasteiger partial charge is 0.229 e. The van der Waals surface area contributed by atoms with E-state index in [4.69, 9.17) is 4.98 Å². The third-order valence-corrected chi connectivity index (χ3v) is 5.73. The van der Waals surface area contributed by atoms with Gasteiger partial charge in [0.05, 0.1) is 37.4 Å². The molecule has 2 aromatic carbocycles. The van der Waals surface area contributed by atoms with Gasteiger partial charge in [0.2, 0.25) is 5.91 Å². The highest BCUT2D eigenvalue weighted by molar-refractivity contribution is 7.22. The number of amides is 1. The number of benzene rings is 2. The summed E-state index contributed by atoms with van der Waals surface area (Å²) in [6, 6.07) is 16.6. The second-order valence-corrected chi connectivity index (χ2v) is 8.15. The molecule has 1 N–H and O–H groups in total. The van der Waals surface area contributed by atoms with E-state index in [1.165, 1.54) is 16.0 Å². The van der Waals surface area contributed by atoms with Gasteiger partial charge in [0, 0.05) is 6.42 Å². The van der Waals surface area contributed by atoms with Crippen LogP contribution >= 0.6 is 11.3 Å². The number of nitrogens with zero attached hydrogens (tertiary/aromatic N) is 2. The fraction of sp³-hybridized carbons (Fsp3) is 0.364. The van der Waals surface area contributed by atoms with Crippen LogP contribution in [0.2, 0.25) is 0 Å². The Balaban J connectivity index is 1.80. The van der Waals surface area contributed by atoms with Crippen molar-refractivity contribution in [1.29, 1.82) is 0 Å². The number of aromatic nitrogens is 1. The molecule has 0 radical (unpaired) electrons. The molecule has 3 aromatic rings. The van der Waals surface area contributed by atoms with E-state index in [1.54, 1.807) is 11.3 Å². The maximum Gasteiger partial charge on any atom is 0.229 e. The normalized spacial score (nSPS) is 11.3. The van der Waals surface area contributed by atoms with Crippen molar-refractivity contribution in [2.45, 2.75) is 26.2 Å². The molecular weight excluding hydrogens is 354 g/mol. The minimum atomic E-state index is 0.148. The van der Waals surface area contributed by atoms with Crippen LogP contribution in [-0.4, -0.2) is 38.1 Å². The van der Waals surface area contributed by atoms with Crippen LogP contribution in [0.5, 0.6) is 0 Å². The quantitative estimate of drug-likeness (QED) is 0.650. The van der Waals surface area contributed by atoms with E-state index in [-0.39, 0.29) is 5.91 Å². The number of hydrogen-bond donors (Lipinski definition) is 1. The second-order valence-electron chi connectivity index (χ2n) is 7.14. The Morgan fingerprint density at radius 3 is 2.59 bits per heavy atom. The monoisotopic (exact) mass is 382 g/mol. The maximum absolute atomic E-state index is 13.0. The summed E-state index contributed by atoms with van der Waals surface area (Å²) in [6.07, 6.45) is 2.27. The van der Waals surface area contributed by atoms with Crippen molar-refractivity contribution in [3.63, 3.8) is 0 Å². The van der Waals surface area contributed by atoms with Gasteiger partial charge in [-0.25, -0.2) is 4.98 Å².